The molecular formula is C20H25IN4OS. The zero-order chi connectivity index (χ0) is 18.4. The molecular weight excluding hydrogens is 471 g/mol. The summed E-state index contributed by atoms with van der Waals surface area (Å²) in [6.07, 6.45) is 2.43. The molecule has 0 bridgehead atoms. The Morgan fingerprint density at radius 2 is 1.78 bits per heavy atom. The van der Waals surface area contributed by atoms with Crippen LogP contribution in [0.1, 0.15) is 28.8 Å². The number of carbonyl (C=O) groups excluding carboxylic acids is 1. The van der Waals surface area contributed by atoms with Gasteiger partial charge in [0.2, 0.25) is 5.91 Å². The molecule has 4 N–H and O–H groups in total. The molecule has 0 aliphatic heterocycles. The Morgan fingerprint density at radius 3 is 2.33 bits per heavy atom. The molecule has 2 aromatic carbocycles. The monoisotopic (exact) mass is 496 g/mol. The molecule has 1 fully saturated rings. The van der Waals surface area contributed by atoms with E-state index in [4.69, 9.17) is 5.73 Å². The maximum absolute atomic E-state index is 11.1. The van der Waals surface area contributed by atoms with Crippen molar-refractivity contribution in [2.24, 2.45) is 10.7 Å². The molecule has 0 radical (unpaired) electrons. The molecule has 0 unspecified atom stereocenters. The predicted octanol–water partition coefficient (Wildman–Crippen LogP) is 3.39. The van der Waals surface area contributed by atoms with E-state index >= 15 is 0 Å². The summed E-state index contributed by atoms with van der Waals surface area (Å²) in [5, 5.41) is 6.75. The molecule has 1 amide bonds. The standard InChI is InChI=1S/C20H24N4OS.HI/c1-22-19(23-13-15-7-9-16(10-8-15)18(21)25)24-14-20(11-12-20)26-17-5-3-2-4-6-17;/h2-10H,11-14H2,1H3,(H2,21,25)(H2,22,23,24);1H. The number of nitrogens with zero attached hydrogens (tertiary/aromatic N) is 1. The first kappa shape index (κ1) is 21.6. The number of aliphatic imine (C=N–C) groups is 1. The van der Waals surface area contributed by atoms with E-state index in [9.17, 15) is 4.79 Å². The van der Waals surface area contributed by atoms with Gasteiger partial charge in [-0.2, -0.15) is 0 Å². The van der Waals surface area contributed by atoms with Crippen molar-refractivity contribution in [2.45, 2.75) is 29.0 Å². The van der Waals surface area contributed by atoms with Crippen molar-refractivity contribution in [2.75, 3.05) is 13.6 Å². The zero-order valence-corrected chi connectivity index (χ0v) is 18.4. The Morgan fingerprint density at radius 1 is 1.11 bits per heavy atom. The summed E-state index contributed by atoms with van der Waals surface area (Å²) < 4.78 is 0.266. The molecule has 1 aliphatic carbocycles. The predicted molar refractivity (Wildman–Crippen MR) is 123 cm³/mol. The second-order valence-electron chi connectivity index (χ2n) is 6.44. The van der Waals surface area contributed by atoms with Crippen LogP contribution >= 0.6 is 35.7 Å². The molecule has 0 spiro atoms. The second kappa shape index (κ2) is 9.98. The number of benzene rings is 2. The number of thioether (sulfide) groups is 1. The van der Waals surface area contributed by atoms with Crippen LogP contribution in [0.3, 0.4) is 0 Å². The van der Waals surface area contributed by atoms with E-state index in [1.165, 1.54) is 17.7 Å². The summed E-state index contributed by atoms with van der Waals surface area (Å²) in [5.74, 6) is 0.372. The van der Waals surface area contributed by atoms with E-state index in [0.717, 1.165) is 18.1 Å². The van der Waals surface area contributed by atoms with Crippen molar-refractivity contribution in [1.82, 2.24) is 10.6 Å². The van der Waals surface area contributed by atoms with Crippen LogP contribution in [0.2, 0.25) is 0 Å². The topological polar surface area (TPSA) is 79.5 Å². The lowest BCUT2D eigenvalue weighted by atomic mass is 10.1. The van der Waals surface area contributed by atoms with Crippen LogP contribution in [0.5, 0.6) is 0 Å². The number of rotatable bonds is 7. The minimum absolute atomic E-state index is 0. The third-order valence-corrected chi connectivity index (χ3v) is 5.88. The summed E-state index contributed by atoms with van der Waals surface area (Å²) >= 11 is 1.94. The number of halogens is 1. The molecule has 0 aromatic heterocycles. The molecule has 2 aromatic rings. The smallest absolute Gasteiger partial charge is 0.248 e. The van der Waals surface area contributed by atoms with E-state index in [2.05, 4.69) is 39.9 Å². The highest BCUT2D eigenvalue weighted by Crippen LogP contribution is 2.51. The van der Waals surface area contributed by atoms with Crippen molar-refractivity contribution in [1.29, 1.82) is 0 Å². The highest BCUT2D eigenvalue weighted by molar-refractivity contribution is 14.0. The molecule has 7 heteroatoms. The van der Waals surface area contributed by atoms with Crippen molar-refractivity contribution in [3.8, 4) is 0 Å². The third kappa shape index (κ3) is 6.42. The van der Waals surface area contributed by atoms with Gasteiger partial charge in [-0.15, -0.1) is 35.7 Å². The fourth-order valence-corrected chi connectivity index (χ4v) is 3.87. The molecule has 0 saturated heterocycles. The van der Waals surface area contributed by atoms with Crippen LogP contribution in [0.25, 0.3) is 0 Å². The highest BCUT2D eigenvalue weighted by atomic mass is 127. The normalized spacial score (nSPS) is 14.8. The Kier molecular flexibility index (Phi) is 7.97. The summed E-state index contributed by atoms with van der Waals surface area (Å²) in [6, 6.07) is 17.8. The first-order chi connectivity index (χ1) is 12.6. The number of nitrogens with one attached hydrogen (secondary N) is 2. The second-order valence-corrected chi connectivity index (χ2v) is 7.98. The average molecular weight is 496 g/mol. The number of carbonyl (C=O) groups is 1. The first-order valence-corrected chi connectivity index (χ1v) is 9.49. The fraction of sp³-hybridized carbons (Fsp3) is 0.300. The highest BCUT2D eigenvalue weighted by Gasteiger charge is 2.43. The van der Waals surface area contributed by atoms with Crippen LogP contribution in [-0.2, 0) is 6.54 Å². The van der Waals surface area contributed by atoms with E-state index < -0.39 is 5.91 Å². The van der Waals surface area contributed by atoms with E-state index in [1.807, 2.05) is 30.0 Å². The van der Waals surface area contributed by atoms with Gasteiger partial charge in [0.25, 0.3) is 0 Å². The molecule has 27 heavy (non-hydrogen) atoms. The number of amides is 1. The number of guanidine groups is 1. The molecule has 3 rings (SSSR count). The number of hydrogen-bond acceptors (Lipinski definition) is 3. The quantitative estimate of drug-likeness (QED) is 0.312. The maximum Gasteiger partial charge on any atom is 0.248 e. The van der Waals surface area contributed by atoms with Crippen LogP contribution < -0.4 is 16.4 Å². The largest absolute Gasteiger partial charge is 0.366 e. The van der Waals surface area contributed by atoms with E-state index in [0.29, 0.717) is 12.1 Å². The van der Waals surface area contributed by atoms with Crippen molar-refractivity contribution in [3.63, 3.8) is 0 Å². The van der Waals surface area contributed by atoms with Gasteiger partial charge in [-0.1, -0.05) is 30.3 Å². The first-order valence-electron chi connectivity index (χ1n) is 8.68. The lowest BCUT2D eigenvalue weighted by Gasteiger charge is -2.18. The van der Waals surface area contributed by atoms with Gasteiger partial charge in [0, 0.05) is 35.3 Å². The Bertz CT molecular complexity index is 776. The van der Waals surface area contributed by atoms with Gasteiger partial charge in [-0.3, -0.25) is 9.79 Å². The number of primary amides is 1. The van der Waals surface area contributed by atoms with Gasteiger partial charge in [-0.25, -0.2) is 0 Å². The van der Waals surface area contributed by atoms with Crippen LogP contribution in [-0.4, -0.2) is 30.2 Å². The van der Waals surface area contributed by atoms with Gasteiger partial charge < -0.3 is 16.4 Å². The van der Waals surface area contributed by atoms with Crippen LogP contribution in [0.4, 0.5) is 0 Å². The SMILES string of the molecule is CN=C(NCc1ccc(C(N)=O)cc1)NCC1(Sc2ccccc2)CC1.I. The van der Waals surface area contributed by atoms with Gasteiger partial charge in [-0.05, 0) is 42.7 Å². The van der Waals surface area contributed by atoms with Gasteiger partial charge in [0.15, 0.2) is 5.96 Å². The van der Waals surface area contributed by atoms with Crippen molar-refractivity contribution in [3.05, 3.63) is 65.7 Å². The van der Waals surface area contributed by atoms with Crippen molar-refractivity contribution < 1.29 is 4.79 Å². The minimum Gasteiger partial charge on any atom is -0.366 e. The Hall–Kier alpha value is -1.74. The average Bonchev–Trinajstić information content (AvgIpc) is 3.42. The molecule has 1 saturated carbocycles. The van der Waals surface area contributed by atoms with Gasteiger partial charge >= 0.3 is 0 Å². The lowest BCUT2D eigenvalue weighted by molar-refractivity contribution is 0.100. The summed E-state index contributed by atoms with van der Waals surface area (Å²) in [5.41, 5.74) is 6.85. The molecule has 5 nitrogen and oxygen atoms in total. The van der Waals surface area contributed by atoms with Gasteiger partial charge in [0.1, 0.15) is 0 Å². The van der Waals surface area contributed by atoms with Crippen LogP contribution in [0, 0.1) is 0 Å². The van der Waals surface area contributed by atoms with Gasteiger partial charge in [0.05, 0.1) is 0 Å². The summed E-state index contributed by atoms with van der Waals surface area (Å²) in [6.45, 7) is 1.52. The van der Waals surface area contributed by atoms with E-state index in [-0.39, 0.29) is 28.7 Å². The Labute approximate surface area is 181 Å². The maximum atomic E-state index is 11.1. The Balaban J connectivity index is 0.00000261. The van der Waals surface area contributed by atoms with Crippen molar-refractivity contribution >= 4 is 47.6 Å². The number of hydrogen-bond donors (Lipinski definition) is 3. The minimum atomic E-state index is -0.410. The molecule has 0 atom stereocenters. The van der Waals surface area contributed by atoms with Crippen LogP contribution in [0.15, 0.2) is 64.5 Å². The molecule has 1 aliphatic rings. The summed E-state index contributed by atoms with van der Waals surface area (Å²) in [7, 11) is 1.77. The van der Waals surface area contributed by atoms with E-state index in [1.54, 1.807) is 19.2 Å². The zero-order valence-electron chi connectivity index (χ0n) is 15.3. The third-order valence-electron chi connectivity index (χ3n) is 4.39. The summed E-state index contributed by atoms with van der Waals surface area (Å²) in [4.78, 5) is 16.7. The lowest BCUT2D eigenvalue weighted by Crippen LogP contribution is -2.40. The molecule has 144 valence electrons. The number of nitrogens with two attached hydrogens (primary N) is 1. The fourth-order valence-electron chi connectivity index (χ4n) is 2.63. The molecule has 0 heterocycles.